The molecule has 0 spiro atoms. The lowest BCUT2D eigenvalue weighted by atomic mass is 10.3. The van der Waals surface area contributed by atoms with E-state index in [0.717, 1.165) is 10.6 Å². The third kappa shape index (κ3) is 1.46. The first kappa shape index (κ1) is 6.94. The third-order valence-electron chi connectivity index (χ3n) is 1.21. The Morgan fingerprint density at radius 1 is 1.55 bits per heavy atom. The lowest BCUT2D eigenvalue weighted by Crippen LogP contribution is -1.96. The van der Waals surface area contributed by atoms with Crippen molar-refractivity contribution in [1.82, 2.24) is 9.71 Å². The Hall–Kier alpha value is -0.740. The van der Waals surface area contributed by atoms with E-state index in [1.165, 1.54) is 11.9 Å². The zero-order valence-electron chi connectivity index (χ0n) is 5.57. The summed E-state index contributed by atoms with van der Waals surface area (Å²) in [6.45, 7) is 0. The van der Waals surface area contributed by atoms with Gasteiger partial charge in [0.15, 0.2) is 0 Å². The second kappa shape index (κ2) is 3.11. The van der Waals surface area contributed by atoms with Gasteiger partial charge in [0, 0.05) is 17.2 Å². The minimum Gasteiger partial charge on any atom is -0.324 e. The number of allylic oxidation sites excluding steroid dienone is 2. The van der Waals surface area contributed by atoms with E-state index in [1.54, 1.807) is 17.5 Å². The standard InChI is InChI=1S/C7H5N2S2/c1-3-11-9-5-6(1)7-8-2-4-10-7/h1-4,9H. The Balaban J connectivity index is 2.29. The normalized spacial score (nSPS) is 15.8. The summed E-state index contributed by atoms with van der Waals surface area (Å²) in [4.78, 5) is 4.16. The number of aromatic nitrogens is 1. The molecule has 0 aliphatic carbocycles. The van der Waals surface area contributed by atoms with E-state index in [9.17, 15) is 0 Å². The highest BCUT2D eigenvalue weighted by Crippen LogP contribution is 2.21. The van der Waals surface area contributed by atoms with E-state index < -0.39 is 0 Å². The Labute approximate surface area is 73.2 Å². The lowest BCUT2D eigenvalue weighted by molar-refractivity contribution is 1.32. The first-order valence-corrected chi connectivity index (χ1v) is 4.83. The van der Waals surface area contributed by atoms with Gasteiger partial charge in [-0.15, -0.1) is 11.3 Å². The molecule has 0 fully saturated rings. The molecule has 0 saturated carbocycles. The lowest BCUT2D eigenvalue weighted by Gasteiger charge is -2.02. The summed E-state index contributed by atoms with van der Waals surface area (Å²) in [5, 5.41) is 4.95. The predicted molar refractivity (Wildman–Crippen MR) is 48.6 cm³/mol. The van der Waals surface area contributed by atoms with Crippen molar-refractivity contribution in [2.24, 2.45) is 0 Å². The van der Waals surface area contributed by atoms with Crippen LogP contribution in [0, 0.1) is 6.20 Å². The number of thiazole rings is 1. The fourth-order valence-electron chi connectivity index (χ4n) is 0.743. The van der Waals surface area contributed by atoms with Crippen LogP contribution in [-0.4, -0.2) is 4.98 Å². The molecule has 0 amide bonds. The van der Waals surface area contributed by atoms with E-state index in [2.05, 4.69) is 15.9 Å². The Morgan fingerprint density at radius 2 is 2.55 bits per heavy atom. The molecule has 1 aliphatic heterocycles. The topological polar surface area (TPSA) is 24.9 Å². The van der Waals surface area contributed by atoms with E-state index in [1.807, 2.05) is 16.9 Å². The fraction of sp³-hybridized carbons (Fsp3) is 0. The average molecular weight is 181 g/mol. The van der Waals surface area contributed by atoms with Crippen molar-refractivity contribution in [3.05, 3.63) is 34.3 Å². The molecule has 4 heteroatoms. The van der Waals surface area contributed by atoms with Crippen LogP contribution in [0.4, 0.5) is 0 Å². The number of hydrogen-bond acceptors (Lipinski definition) is 4. The van der Waals surface area contributed by atoms with Crippen LogP contribution < -0.4 is 4.72 Å². The predicted octanol–water partition coefficient (Wildman–Crippen LogP) is 2.05. The van der Waals surface area contributed by atoms with Gasteiger partial charge in [-0.2, -0.15) is 0 Å². The van der Waals surface area contributed by atoms with Crippen LogP contribution >= 0.6 is 23.3 Å². The summed E-state index contributed by atoms with van der Waals surface area (Å²) in [6.07, 6.45) is 6.81. The Morgan fingerprint density at radius 3 is 3.18 bits per heavy atom. The maximum Gasteiger partial charge on any atom is 0.125 e. The molecular weight excluding hydrogens is 176 g/mol. The summed E-state index contributed by atoms with van der Waals surface area (Å²) < 4.78 is 2.93. The van der Waals surface area contributed by atoms with E-state index in [4.69, 9.17) is 0 Å². The molecule has 1 aromatic heterocycles. The zero-order valence-corrected chi connectivity index (χ0v) is 7.21. The van der Waals surface area contributed by atoms with Crippen molar-refractivity contribution in [1.29, 1.82) is 0 Å². The molecule has 1 aliphatic rings. The number of nitrogens with one attached hydrogen (secondary N) is 1. The monoisotopic (exact) mass is 181 g/mol. The van der Waals surface area contributed by atoms with Gasteiger partial charge in [-0.1, -0.05) is 0 Å². The van der Waals surface area contributed by atoms with Crippen LogP contribution in [0.5, 0.6) is 0 Å². The van der Waals surface area contributed by atoms with Crippen LogP contribution in [-0.2, 0) is 0 Å². The third-order valence-corrected chi connectivity index (χ3v) is 2.51. The van der Waals surface area contributed by atoms with Gasteiger partial charge in [0.1, 0.15) is 5.01 Å². The largest absolute Gasteiger partial charge is 0.324 e. The molecule has 1 radical (unpaired) electrons. The van der Waals surface area contributed by atoms with Crippen LogP contribution in [0.3, 0.4) is 0 Å². The zero-order chi connectivity index (χ0) is 7.52. The van der Waals surface area contributed by atoms with Crippen molar-refractivity contribution in [3.8, 4) is 0 Å². The van der Waals surface area contributed by atoms with Gasteiger partial charge in [-0.3, -0.25) is 0 Å². The maximum absolute atomic E-state index is 4.16. The van der Waals surface area contributed by atoms with Crippen LogP contribution in [0.15, 0.2) is 23.1 Å². The molecule has 1 N–H and O–H groups in total. The van der Waals surface area contributed by atoms with E-state index >= 15 is 0 Å². The number of rotatable bonds is 1. The minimum atomic E-state index is 1.01. The highest BCUT2D eigenvalue weighted by atomic mass is 32.2. The molecule has 0 unspecified atom stereocenters. The molecule has 2 rings (SSSR count). The van der Waals surface area contributed by atoms with Crippen LogP contribution in [0.1, 0.15) is 5.01 Å². The van der Waals surface area contributed by atoms with Crippen molar-refractivity contribution in [3.63, 3.8) is 0 Å². The summed E-state index contributed by atoms with van der Waals surface area (Å²) in [7, 11) is 0. The maximum atomic E-state index is 4.16. The second-order valence-electron chi connectivity index (χ2n) is 1.90. The first-order chi connectivity index (χ1) is 5.47. The minimum absolute atomic E-state index is 1.01. The Bertz CT molecular complexity index is 287. The molecule has 11 heavy (non-hydrogen) atoms. The van der Waals surface area contributed by atoms with Gasteiger partial charge in [-0.25, -0.2) is 4.98 Å². The quantitative estimate of drug-likeness (QED) is 0.671. The second-order valence-corrected chi connectivity index (χ2v) is 3.51. The van der Waals surface area contributed by atoms with E-state index in [0.29, 0.717) is 0 Å². The molecule has 0 bridgehead atoms. The number of hydrogen-bond donors (Lipinski definition) is 1. The summed E-state index contributed by atoms with van der Waals surface area (Å²) in [5.74, 6) is 0. The molecule has 2 nitrogen and oxygen atoms in total. The van der Waals surface area contributed by atoms with Gasteiger partial charge in [0.25, 0.3) is 0 Å². The van der Waals surface area contributed by atoms with Crippen molar-refractivity contribution in [2.45, 2.75) is 0 Å². The SMILES string of the molecule is [C]1=C(c2nccs2)C=CSN1. The highest BCUT2D eigenvalue weighted by Gasteiger charge is 2.02. The molecule has 0 aromatic carbocycles. The number of nitrogens with zero attached hydrogens (tertiary/aromatic N) is 1. The van der Waals surface area contributed by atoms with Crippen LogP contribution in [0.25, 0.3) is 5.57 Å². The van der Waals surface area contributed by atoms with Crippen molar-refractivity contribution < 1.29 is 0 Å². The highest BCUT2D eigenvalue weighted by molar-refractivity contribution is 8.00. The van der Waals surface area contributed by atoms with Gasteiger partial charge >= 0.3 is 0 Å². The van der Waals surface area contributed by atoms with Crippen molar-refractivity contribution >= 4 is 28.9 Å². The van der Waals surface area contributed by atoms with Gasteiger partial charge < -0.3 is 4.72 Å². The molecule has 1 aromatic rings. The van der Waals surface area contributed by atoms with E-state index in [-0.39, 0.29) is 0 Å². The smallest absolute Gasteiger partial charge is 0.125 e. The molecule has 0 saturated heterocycles. The Kier molecular flexibility index (Phi) is 1.96. The molecule has 2 heterocycles. The van der Waals surface area contributed by atoms with Gasteiger partial charge in [0.2, 0.25) is 0 Å². The average Bonchev–Trinajstić information content (AvgIpc) is 2.58. The molecule has 55 valence electrons. The van der Waals surface area contributed by atoms with Crippen LogP contribution in [0.2, 0.25) is 0 Å². The van der Waals surface area contributed by atoms with Crippen molar-refractivity contribution in [2.75, 3.05) is 0 Å². The molecule has 0 atom stereocenters. The fourth-order valence-corrected chi connectivity index (χ4v) is 1.80. The first-order valence-electron chi connectivity index (χ1n) is 3.07. The summed E-state index contributed by atoms with van der Waals surface area (Å²) in [6, 6.07) is 0. The summed E-state index contributed by atoms with van der Waals surface area (Å²) in [5.41, 5.74) is 1.03. The summed E-state index contributed by atoms with van der Waals surface area (Å²) >= 11 is 3.13. The van der Waals surface area contributed by atoms with Gasteiger partial charge in [-0.05, 0) is 23.4 Å². The van der Waals surface area contributed by atoms with Gasteiger partial charge in [0.05, 0.1) is 6.20 Å². The molecular formula is C7H5N2S2.